The van der Waals surface area contributed by atoms with Crippen LogP contribution in [-0.2, 0) is 22.0 Å². The van der Waals surface area contributed by atoms with Gasteiger partial charge in [0, 0.05) is 30.0 Å². The number of hydrogen-bond donors (Lipinski definition) is 0. The van der Waals surface area contributed by atoms with Crippen LogP contribution in [0.5, 0.6) is 11.5 Å². The monoisotopic (exact) mass is 346 g/mol. The zero-order valence-electron chi connectivity index (χ0n) is 17.4. The van der Waals surface area contributed by atoms with Crippen LogP contribution in [0.3, 0.4) is 0 Å². The quantitative estimate of drug-likeness (QED) is 0.520. The minimum atomic E-state index is -0.271. The number of carbonyl (C=O) groups is 1. The van der Waals surface area contributed by atoms with E-state index in [1.165, 1.54) is 12.5 Å². The first-order valence-corrected chi connectivity index (χ1v) is 9.43. The van der Waals surface area contributed by atoms with Crippen LogP contribution in [0, 0.1) is 0 Å². The smallest absolute Gasteiger partial charge is 0.308 e. The van der Waals surface area contributed by atoms with E-state index in [-0.39, 0.29) is 22.4 Å². The highest BCUT2D eigenvalue weighted by Crippen LogP contribution is 2.51. The van der Waals surface area contributed by atoms with Gasteiger partial charge in [-0.3, -0.25) is 4.79 Å². The Morgan fingerprint density at radius 2 is 1.68 bits per heavy atom. The van der Waals surface area contributed by atoms with Crippen LogP contribution in [-0.4, -0.2) is 11.6 Å². The number of hydrogen-bond acceptors (Lipinski definition) is 3. The van der Waals surface area contributed by atoms with Crippen LogP contribution in [0.25, 0.3) is 0 Å². The van der Waals surface area contributed by atoms with Crippen molar-refractivity contribution in [2.24, 2.45) is 0 Å². The highest BCUT2D eigenvalue weighted by atomic mass is 16.5. The molecule has 0 N–H and O–H groups in total. The molecule has 3 heteroatoms. The van der Waals surface area contributed by atoms with Gasteiger partial charge in [-0.05, 0) is 29.7 Å². The largest absolute Gasteiger partial charge is 0.487 e. The van der Waals surface area contributed by atoms with Gasteiger partial charge >= 0.3 is 5.97 Å². The van der Waals surface area contributed by atoms with Gasteiger partial charge in [-0.2, -0.15) is 0 Å². The van der Waals surface area contributed by atoms with Crippen molar-refractivity contribution in [1.29, 1.82) is 0 Å². The average molecular weight is 347 g/mol. The number of rotatable bonds is 3. The van der Waals surface area contributed by atoms with Crippen LogP contribution >= 0.6 is 0 Å². The molecule has 0 spiro atoms. The second-order valence-corrected chi connectivity index (χ2v) is 9.37. The summed E-state index contributed by atoms with van der Waals surface area (Å²) in [5.74, 6) is 1.43. The first-order valence-electron chi connectivity index (χ1n) is 9.43. The van der Waals surface area contributed by atoms with Gasteiger partial charge in [-0.25, -0.2) is 0 Å². The van der Waals surface area contributed by atoms with Crippen LogP contribution in [0.4, 0.5) is 0 Å². The maximum absolute atomic E-state index is 11.9. The van der Waals surface area contributed by atoms with Crippen LogP contribution < -0.4 is 9.47 Å². The Bertz CT molecular complexity index is 668. The van der Waals surface area contributed by atoms with Crippen molar-refractivity contribution >= 4 is 5.97 Å². The molecule has 3 nitrogen and oxygen atoms in total. The maximum Gasteiger partial charge on any atom is 0.308 e. The van der Waals surface area contributed by atoms with Gasteiger partial charge in [-0.1, -0.05) is 55.4 Å². The van der Waals surface area contributed by atoms with Gasteiger partial charge in [0.25, 0.3) is 0 Å². The van der Waals surface area contributed by atoms with E-state index in [9.17, 15) is 4.79 Å². The minimum absolute atomic E-state index is 0.142. The lowest BCUT2D eigenvalue weighted by atomic mass is 9.75. The Kier molecular flexibility index (Phi) is 5.02. The zero-order chi connectivity index (χ0) is 19.2. The second-order valence-electron chi connectivity index (χ2n) is 9.37. The van der Waals surface area contributed by atoms with Gasteiger partial charge in [0.1, 0.15) is 17.1 Å². The minimum Gasteiger partial charge on any atom is -0.487 e. The molecule has 1 aromatic carbocycles. The average Bonchev–Trinajstić information content (AvgIpc) is 2.82. The molecule has 0 saturated carbocycles. The van der Waals surface area contributed by atoms with Crippen LogP contribution in [0.2, 0.25) is 0 Å². The standard InChI is InChI=1S/C22H34O3/c1-10-22(11-2)13-15-17(25-22)12-16(20(4,5)6)19(24-14(3)23)18(15)21(7,8)9/h12H,10-11,13H2,1-9H3. The number of ether oxygens (including phenoxy) is 2. The normalized spacial score (nSPS) is 16.4. The third kappa shape index (κ3) is 3.70. The van der Waals surface area contributed by atoms with Gasteiger partial charge in [0.05, 0.1) is 0 Å². The van der Waals surface area contributed by atoms with Gasteiger partial charge in [0.15, 0.2) is 0 Å². The molecule has 0 aliphatic carbocycles. The van der Waals surface area contributed by atoms with E-state index in [0.29, 0.717) is 0 Å². The fourth-order valence-electron chi connectivity index (χ4n) is 3.78. The summed E-state index contributed by atoms with van der Waals surface area (Å²) in [6, 6.07) is 2.11. The molecule has 0 aromatic heterocycles. The molecule has 1 aromatic rings. The van der Waals surface area contributed by atoms with Crippen LogP contribution in [0.1, 0.15) is 91.8 Å². The second kappa shape index (κ2) is 6.34. The van der Waals surface area contributed by atoms with E-state index in [2.05, 4.69) is 61.5 Å². The summed E-state index contributed by atoms with van der Waals surface area (Å²) in [7, 11) is 0. The molecular weight excluding hydrogens is 312 g/mol. The molecule has 0 atom stereocenters. The Hall–Kier alpha value is -1.51. The first kappa shape index (κ1) is 19.8. The summed E-state index contributed by atoms with van der Waals surface area (Å²) < 4.78 is 12.3. The first-order chi connectivity index (χ1) is 11.3. The molecule has 0 bridgehead atoms. The summed E-state index contributed by atoms with van der Waals surface area (Å²) >= 11 is 0. The molecular formula is C22H34O3. The summed E-state index contributed by atoms with van der Waals surface area (Å²) in [4.78, 5) is 11.9. The Morgan fingerprint density at radius 1 is 1.12 bits per heavy atom. The number of fused-ring (bicyclic) bond motifs is 1. The molecule has 0 fully saturated rings. The van der Waals surface area contributed by atoms with Crippen molar-refractivity contribution in [1.82, 2.24) is 0 Å². The summed E-state index contributed by atoms with van der Waals surface area (Å²) in [5, 5.41) is 0. The zero-order valence-corrected chi connectivity index (χ0v) is 17.4. The highest BCUT2D eigenvalue weighted by Gasteiger charge is 2.42. The van der Waals surface area contributed by atoms with Crippen molar-refractivity contribution in [3.8, 4) is 11.5 Å². The Labute approximate surface area is 153 Å². The predicted molar refractivity (Wildman–Crippen MR) is 103 cm³/mol. The molecule has 2 rings (SSSR count). The van der Waals surface area contributed by atoms with E-state index in [1.807, 2.05) is 0 Å². The van der Waals surface area contributed by atoms with Crippen molar-refractivity contribution in [2.75, 3.05) is 0 Å². The number of benzene rings is 1. The van der Waals surface area contributed by atoms with E-state index >= 15 is 0 Å². The van der Waals surface area contributed by atoms with Gasteiger partial charge < -0.3 is 9.47 Å². The lowest BCUT2D eigenvalue weighted by molar-refractivity contribution is -0.132. The summed E-state index contributed by atoms with van der Waals surface area (Å²) in [5.41, 5.74) is 2.93. The van der Waals surface area contributed by atoms with Crippen LogP contribution in [0.15, 0.2) is 6.07 Å². The topological polar surface area (TPSA) is 35.5 Å². The van der Waals surface area contributed by atoms with E-state index in [1.54, 1.807) is 0 Å². The lowest BCUT2D eigenvalue weighted by Crippen LogP contribution is -2.32. The lowest BCUT2D eigenvalue weighted by Gasteiger charge is -2.30. The molecule has 25 heavy (non-hydrogen) atoms. The highest BCUT2D eigenvalue weighted by molar-refractivity contribution is 5.72. The van der Waals surface area contributed by atoms with Gasteiger partial charge in [0.2, 0.25) is 0 Å². The SMILES string of the molecule is CCC1(CC)Cc2c(cc(C(C)(C)C)c(OC(C)=O)c2C(C)(C)C)O1. The predicted octanol–water partition coefficient (Wildman–Crippen LogP) is 5.70. The number of esters is 1. The third-order valence-electron chi connectivity index (χ3n) is 5.26. The van der Waals surface area contributed by atoms with Crippen molar-refractivity contribution in [2.45, 2.75) is 98.0 Å². The van der Waals surface area contributed by atoms with Crippen molar-refractivity contribution in [3.05, 3.63) is 22.8 Å². The van der Waals surface area contributed by atoms with Crippen molar-refractivity contribution in [3.63, 3.8) is 0 Å². The molecule has 0 amide bonds. The molecule has 0 radical (unpaired) electrons. The molecule has 0 saturated heterocycles. The summed E-state index contributed by atoms with van der Waals surface area (Å²) in [6.45, 7) is 18.8. The molecule has 140 valence electrons. The Morgan fingerprint density at radius 3 is 2.08 bits per heavy atom. The summed E-state index contributed by atoms with van der Waals surface area (Å²) in [6.07, 6.45) is 2.81. The maximum atomic E-state index is 11.9. The third-order valence-corrected chi connectivity index (χ3v) is 5.26. The molecule has 1 aliphatic rings. The van der Waals surface area contributed by atoms with Gasteiger partial charge in [-0.15, -0.1) is 0 Å². The molecule has 0 unspecified atom stereocenters. The van der Waals surface area contributed by atoms with E-state index in [4.69, 9.17) is 9.47 Å². The molecule has 1 heterocycles. The fraction of sp³-hybridized carbons (Fsp3) is 0.682. The van der Waals surface area contributed by atoms with E-state index < -0.39 is 0 Å². The molecule has 1 aliphatic heterocycles. The Balaban J connectivity index is 2.83. The fourth-order valence-corrected chi connectivity index (χ4v) is 3.78. The number of carbonyl (C=O) groups excluding carboxylic acids is 1. The van der Waals surface area contributed by atoms with Crippen molar-refractivity contribution < 1.29 is 14.3 Å². The van der Waals surface area contributed by atoms with E-state index in [0.717, 1.165) is 41.9 Å².